The topological polar surface area (TPSA) is 58.4 Å². The fourth-order valence-electron chi connectivity index (χ4n) is 2.40. The smallest absolute Gasteiger partial charge is 0.288 e. The number of piperidine rings is 1. The fourth-order valence-corrected chi connectivity index (χ4v) is 2.65. The van der Waals surface area contributed by atoms with E-state index in [0.29, 0.717) is 12.1 Å². The number of nitrogens with zero attached hydrogens (tertiary/aromatic N) is 2. The monoisotopic (exact) mass is 283 g/mol. The molecule has 1 N–H and O–H groups in total. The van der Waals surface area contributed by atoms with Gasteiger partial charge in [0.05, 0.1) is 4.92 Å². The number of hydrogen-bond acceptors (Lipinski definition) is 4. The third kappa shape index (κ3) is 3.36. The lowest BCUT2D eigenvalue weighted by Gasteiger charge is -2.35. The number of nitrogens with one attached hydrogen (secondary N) is 1. The van der Waals surface area contributed by atoms with Crippen molar-refractivity contribution in [2.75, 3.05) is 18.9 Å². The van der Waals surface area contributed by atoms with Crippen LogP contribution in [0.3, 0.4) is 0 Å². The SMILES string of the molecule is CC1CC(Nc2ccc([N+](=O)[O-])c(Cl)c2)CCN1C. The first-order valence-electron chi connectivity index (χ1n) is 6.38. The number of benzene rings is 1. The van der Waals surface area contributed by atoms with Crippen LogP contribution in [0.4, 0.5) is 11.4 Å². The van der Waals surface area contributed by atoms with Gasteiger partial charge in [0.25, 0.3) is 5.69 Å². The molecule has 2 atom stereocenters. The second kappa shape index (κ2) is 5.75. The van der Waals surface area contributed by atoms with Crippen LogP contribution in [0.15, 0.2) is 18.2 Å². The highest BCUT2D eigenvalue weighted by atomic mass is 35.5. The summed E-state index contributed by atoms with van der Waals surface area (Å²) in [5, 5.41) is 14.3. The standard InChI is InChI=1S/C13H18ClN3O2/c1-9-7-11(5-6-16(9)2)15-10-3-4-13(17(18)19)12(14)8-10/h3-4,8-9,11,15H,5-7H2,1-2H3. The fraction of sp³-hybridized carbons (Fsp3) is 0.538. The van der Waals surface area contributed by atoms with Gasteiger partial charge in [-0.15, -0.1) is 0 Å². The van der Waals surface area contributed by atoms with Gasteiger partial charge in [0.15, 0.2) is 0 Å². The molecule has 0 spiro atoms. The summed E-state index contributed by atoms with van der Waals surface area (Å²) in [5.41, 5.74) is 0.793. The lowest BCUT2D eigenvalue weighted by atomic mass is 9.98. The third-order valence-corrected chi connectivity index (χ3v) is 4.03. The molecule has 2 rings (SSSR count). The molecule has 0 amide bonds. The van der Waals surface area contributed by atoms with Crippen molar-refractivity contribution in [1.29, 1.82) is 0 Å². The molecule has 5 nitrogen and oxygen atoms in total. The van der Waals surface area contributed by atoms with Gasteiger partial charge in [-0.05, 0) is 38.9 Å². The van der Waals surface area contributed by atoms with Crippen LogP contribution in [-0.4, -0.2) is 35.5 Å². The predicted molar refractivity (Wildman–Crippen MR) is 76.8 cm³/mol. The molecule has 1 aromatic carbocycles. The van der Waals surface area contributed by atoms with Gasteiger partial charge in [0, 0.05) is 30.4 Å². The Labute approximate surface area is 117 Å². The average Bonchev–Trinajstić information content (AvgIpc) is 2.33. The van der Waals surface area contributed by atoms with Crippen molar-refractivity contribution in [3.63, 3.8) is 0 Å². The average molecular weight is 284 g/mol. The maximum Gasteiger partial charge on any atom is 0.288 e. The van der Waals surface area contributed by atoms with E-state index in [4.69, 9.17) is 11.6 Å². The molecule has 1 aromatic rings. The molecule has 1 aliphatic rings. The summed E-state index contributed by atoms with van der Waals surface area (Å²) in [6.45, 7) is 3.26. The number of anilines is 1. The first-order chi connectivity index (χ1) is 8.97. The normalized spacial score (nSPS) is 24.2. The Kier molecular flexibility index (Phi) is 4.27. The molecule has 2 unspecified atom stereocenters. The van der Waals surface area contributed by atoms with Gasteiger partial charge >= 0.3 is 0 Å². The van der Waals surface area contributed by atoms with Gasteiger partial charge in [0.2, 0.25) is 0 Å². The first-order valence-corrected chi connectivity index (χ1v) is 6.76. The maximum atomic E-state index is 10.7. The molecule has 1 aliphatic heterocycles. The Morgan fingerprint density at radius 2 is 2.26 bits per heavy atom. The van der Waals surface area contributed by atoms with Crippen LogP contribution in [0, 0.1) is 10.1 Å². The lowest BCUT2D eigenvalue weighted by molar-refractivity contribution is -0.384. The molecule has 0 aliphatic carbocycles. The van der Waals surface area contributed by atoms with E-state index in [9.17, 15) is 10.1 Å². The van der Waals surface area contributed by atoms with Crippen LogP contribution in [0.25, 0.3) is 0 Å². The summed E-state index contributed by atoms with van der Waals surface area (Å²) in [6.07, 6.45) is 2.13. The van der Waals surface area contributed by atoms with Gasteiger partial charge in [0.1, 0.15) is 5.02 Å². The summed E-state index contributed by atoms with van der Waals surface area (Å²) >= 11 is 5.90. The number of nitro benzene ring substituents is 1. The third-order valence-electron chi connectivity index (χ3n) is 3.72. The van der Waals surface area contributed by atoms with Crippen molar-refractivity contribution in [3.05, 3.63) is 33.3 Å². The van der Waals surface area contributed by atoms with Crippen molar-refractivity contribution >= 4 is 23.0 Å². The lowest BCUT2D eigenvalue weighted by Crippen LogP contribution is -2.42. The zero-order chi connectivity index (χ0) is 14.0. The molecule has 0 bridgehead atoms. The highest BCUT2D eigenvalue weighted by Gasteiger charge is 2.23. The molecule has 6 heteroatoms. The molecule has 1 saturated heterocycles. The number of halogens is 1. The molecular formula is C13H18ClN3O2. The quantitative estimate of drug-likeness (QED) is 0.684. The van der Waals surface area contributed by atoms with E-state index in [-0.39, 0.29) is 10.7 Å². The van der Waals surface area contributed by atoms with Gasteiger partial charge < -0.3 is 10.2 Å². The zero-order valence-electron chi connectivity index (χ0n) is 11.1. The van der Waals surface area contributed by atoms with Crippen LogP contribution in [-0.2, 0) is 0 Å². The van der Waals surface area contributed by atoms with Crippen LogP contribution in [0.1, 0.15) is 19.8 Å². The summed E-state index contributed by atoms with van der Waals surface area (Å²) in [4.78, 5) is 12.6. The first kappa shape index (κ1) is 14.1. The number of likely N-dealkylation sites (tertiary alicyclic amines) is 1. The van der Waals surface area contributed by atoms with Crippen LogP contribution >= 0.6 is 11.6 Å². The molecule has 0 radical (unpaired) electrons. The van der Waals surface area contributed by atoms with Crippen LogP contribution in [0.2, 0.25) is 5.02 Å². The number of nitro groups is 1. The molecule has 0 aromatic heterocycles. The molecular weight excluding hydrogens is 266 g/mol. The van der Waals surface area contributed by atoms with Crippen molar-refractivity contribution in [3.8, 4) is 0 Å². The van der Waals surface area contributed by atoms with Crippen molar-refractivity contribution in [1.82, 2.24) is 4.90 Å². The highest BCUT2D eigenvalue weighted by Crippen LogP contribution is 2.28. The summed E-state index contributed by atoms with van der Waals surface area (Å²) in [6, 6.07) is 5.72. The van der Waals surface area contributed by atoms with Crippen LogP contribution < -0.4 is 5.32 Å². The van der Waals surface area contributed by atoms with E-state index >= 15 is 0 Å². The molecule has 1 fully saturated rings. The Morgan fingerprint density at radius 1 is 1.53 bits per heavy atom. The molecule has 19 heavy (non-hydrogen) atoms. The maximum absolute atomic E-state index is 10.7. The van der Waals surface area contributed by atoms with Crippen molar-refractivity contribution in [2.45, 2.75) is 31.8 Å². The minimum absolute atomic E-state index is 0.0519. The van der Waals surface area contributed by atoms with Gasteiger partial charge in [-0.25, -0.2) is 0 Å². The summed E-state index contributed by atoms with van der Waals surface area (Å²) in [5.74, 6) is 0. The van der Waals surface area contributed by atoms with Gasteiger partial charge in [-0.1, -0.05) is 11.6 Å². The largest absolute Gasteiger partial charge is 0.382 e. The van der Waals surface area contributed by atoms with Crippen LogP contribution in [0.5, 0.6) is 0 Å². The van der Waals surface area contributed by atoms with Gasteiger partial charge in [-0.2, -0.15) is 0 Å². The number of rotatable bonds is 3. The van der Waals surface area contributed by atoms with E-state index in [0.717, 1.165) is 25.1 Å². The van der Waals surface area contributed by atoms with E-state index in [1.165, 1.54) is 6.07 Å². The van der Waals surface area contributed by atoms with E-state index in [1.807, 2.05) is 0 Å². The summed E-state index contributed by atoms with van der Waals surface area (Å²) in [7, 11) is 2.13. The molecule has 0 saturated carbocycles. The second-order valence-electron chi connectivity index (χ2n) is 5.12. The Balaban J connectivity index is 2.04. The van der Waals surface area contributed by atoms with E-state index in [2.05, 4.69) is 24.2 Å². The van der Waals surface area contributed by atoms with Crippen molar-refractivity contribution < 1.29 is 4.92 Å². The Bertz CT molecular complexity index is 481. The summed E-state index contributed by atoms with van der Waals surface area (Å²) < 4.78 is 0. The Morgan fingerprint density at radius 3 is 2.84 bits per heavy atom. The number of hydrogen-bond donors (Lipinski definition) is 1. The van der Waals surface area contributed by atoms with E-state index < -0.39 is 4.92 Å². The zero-order valence-corrected chi connectivity index (χ0v) is 11.9. The molecule has 104 valence electrons. The van der Waals surface area contributed by atoms with E-state index in [1.54, 1.807) is 12.1 Å². The second-order valence-corrected chi connectivity index (χ2v) is 5.53. The molecule has 1 heterocycles. The minimum atomic E-state index is -0.468. The van der Waals surface area contributed by atoms with Crippen molar-refractivity contribution in [2.24, 2.45) is 0 Å². The minimum Gasteiger partial charge on any atom is -0.382 e. The predicted octanol–water partition coefficient (Wildman–Crippen LogP) is 3.14. The highest BCUT2D eigenvalue weighted by molar-refractivity contribution is 6.32. The Hall–Kier alpha value is -1.33. The van der Waals surface area contributed by atoms with Gasteiger partial charge in [-0.3, -0.25) is 10.1 Å².